The summed E-state index contributed by atoms with van der Waals surface area (Å²) in [7, 11) is 0. The Kier molecular flexibility index (Phi) is 6.86. The Hall–Kier alpha value is -3.03. The molecule has 4 rings (SSSR count). The fraction of sp³-hybridized carbons (Fsp3) is 0.320. The van der Waals surface area contributed by atoms with Crippen LogP contribution < -0.4 is 16.2 Å². The van der Waals surface area contributed by atoms with Crippen LogP contribution in [0.15, 0.2) is 53.3 Å². The van der Waals surface area contributed by atoms with Gasteiger partial charge in [0, 0.05) is 24.5 Å². The van der Waals surface area contributed by atoms with Crippen LogP contribution in [0, 0.1) is 5.41 Å². The summed E-state index contributed by atoms with van der Waals surface area (Å²) in [6.45, 7) is 7.60. The predicted molar refractivity (Wildman–Crippen MR) is 137 cm³/mol. The van der Waals surface area contributed by atoms with Crippen molar-refractivity contribution in [1.82, 2.24) is 14.5 Å². The summed E-state index contributed by atoms with van der Waals surface area (Å²) >= 11 is 12.1. The zero-order valence-corrected chi connectivity index (χ0v) is 20.9. The molecule has 9 heteroatoms. The number of aromatic nitrogens is 2. The maximum absolute atomic E-state index is 13.7. The minimum atomic E-state index is -0.338. The lowest BCUT2D eigenvalue weighted by Gasteiger charge is -2.29. The molecule has 2 aromatic carbocycles. The molecule has 1 aromatic heterocycles. The first-order valence-corrected chi connectivity index (χ1v) is 11.8. The molecule has 0 aliphatic carbocycles. The number of carbonyl (C=O) groups excluding carboxylic acids is 1. The quantitative estimate of drug-likeness (QED) is 0.490. The molecule has 7 nitrogen and oxygen atoms in total. The highest BCUT2D eigenvalue weighted by Crippen LogP contribution is 2.27. The van der Waals surface area contributed by atoms with Crippen molar-refractivity contribution in [1.29, 1.82) is 0 Å². The normalized spacial score (nSPS) is 13.4. The van der Waals surface area contributed by atoms with Crippen LogP contribution in [0.5, 0.6) is 0 Å². The van der Waals surface area contributed by atoms with E-state index in [1.54, 1.807) is 27.7 Å². The van der Waals surface area contributed by atoms with Crippen molar-refractivity contribution in [3.8, 4) is 5.69 Å². The smallest absolute Gasteiger partial charge is 0.322 e. The van der Waals surface area contributed by atoms with Gasteiger partial charge in [-0.3, -0.25) is 4.79 Å². The van der Waals surface area contributed by atoms with Gasteiger partial charge in [0.25, 0.3) is 5.56 Å². The molecule has 0 bridgehead atoms. The molecule has 0 unspecified atom stereocenters. The predicted octanol–water partition coefficient (Wildman–Crippen LogP) is 5.59. The number of carbonyl (C=O) groups is 1. The zero-order valence-electron chi connectivity index (χ0n) is 19.4. The van der Waals surface area contributed by atoms with Gasteiger partial charge in [0.05, 0.1) is 34.2 Å². The van der Waals surface area contributed by atoms with E-state index in [0.717, 1.165) is 0 Å². The number of urea groups is 1. The van der Waals surface area contributed by atoms with Crippen molar-refractivity contribution in [2.75, 3.05) is 23.7 Å². The number of rotatable bonds is 4. The highest BCUT2D eigenvalue weighted by Gasteiger charge is 2.27. The van der Waals surface area contributed by atoms with Gasteiger partial charge in [0.15, 0.2) is 0 Å². The number of hydrogen-bond acceptors (Lipinski definition) is 4. The van der Waals surface area contributed by atoms with Crippen LogP contribution >= 0.6 is 23.2 Å². The second-order valence-corrected chi connectivity index (χ2v) is 10.3. The molecule has 2 N–H and O–H groups in total. The Labute approximate surface area is 208 Å². The fourth-order valence-corrected chi connectivity index (χ4v) is 4.17. The van der Waals surface area contributed by atoms with Crippen molar-refractivity contribution < 1.29 is 4.79 Å². The van der Waals surface area contributed by atoms with E-state index in [1.807, 2.05) is 30.3 Å². The fourth-order valence-electron chi connectivity index (χ4n) is 3.71. The third-order valence-corrected chi connectivity index (χ3v) is 6.03. The van der Waals surface area contributed by atoms with Gasteiger partial charge < -0.3 is 15.5 Å². The average molecular weight is 500 g/mol. The minimum absolute atomic E-state index is 0.00692. The maximum Gasteiger partial charge on any atom is 0.322 e. The van der Waals surface area contributed by atoms with Gasteiger partial charge in [0.1, 0.15) is 0 Å². The standard InChI is InChI=1S/C25H27Cl2N5O2/c1-25(2,3)15-28-23-29-20-11-12-31(24(34)30-21-10-9-16(26)13-19(21)27)14-18(20)22(33)32(23)17-7-5-4-6-8-17/h4-10,13H,11-12,14-15H2,1-3H3,(H,28,29)(H,30,34). The first-order chi connectivity index (χ1) is 16.1. The number of nitrogens with one attached hydrogen (secondary N) is 2. The first-order valence-electron chi connectivity index (χ1n) is 11.1. The molecular weight excluding hydrogens is 473 g/mol. The van der Waals surface area contributed by atoms with E-state index in [2.05, 4.69) is 31.4 Å². The molecule has 1 aliphatic rings. The second-order valence-electron chi connectivity index (χ2n) is 9.48. The van der Waals surface area contributed by atoms with Gasteiger partial charge in [-0.25, -0.2) is 14.3 Å². The first kappa shape index (κ1) is 24.1. The molecule has 178 valence electrons. The summed E-state index contributed by atoms with van der Waals surface area (Å²) < 4.78 is 1.59. The van der Waals surface area contributed by atoms with Crippen LogP contribution in [0.1, 0.15) is 32.0 Å². The van der Waals surface area contributed by atoms with Crippen LogP contribution in [0.4, 0.5) is 16.4 Å². The molecule has 0 atom stereocenters. The third kappa shape index (κ3) is 5.37. The van der Waals surface area contributed by atoms with Crippen LogP contribution in [-0.2, 0) is 13.0 Å². The van der Waals surface area contributed by atoms with Crippen LogP contribution in [0.25, 0.3) is 5.69 Å². The number of fused-ring (bicyclic) bond motifs is 1. The summed E-state index contributed by atoms with van der Waals surface area (Å²) in [5, 5.41) is 6.99. The number of para-hydroxylation sites is 1. The Morgan fingerprint density at radius 2 is 1.85 bits per heavy atom. The van der Waals surface area contributed by atoms with Crippen LogP contribution in [0.3, 0.4) is 0 Å². The van der Waals surface area contributed by atoms with E-state index in [9.17, 15) is 9.59 Å². The molecule has 1 aliphatic heterocycles. The molecular formula is C25H27Cl2N5O2. The number of nitrogens with zero attached hydrogens (tertiary/aromatic N) is 3. The van der Waals surface area contributed by atoms with Gasteiger partial charge in [-0.05, 0) is 35.7 Å². The number of anilines is 2. The third-order valence-electron chi connectivity index (χ3n) is 5.48. The summed E-state index contributed by atoms with van der Waals surface area (Å²) in [4.78, 5) is 33.0. The lowest BCUT2D eigenvalue weighted by molar-refractivity contribution is 0.205. The molecule has 0 radical (unpaired) electrons. The topological polar surface area (TPSA) is 79.3 Å². The second kappa shape index (κ2) is 9.68. The molecule has 34 heavy (non-hydrogen) atoms. The van der Waals surface area contributed by atoms with Crippen molar-refractivity contribution in [3.63, 3.8) is 0 Å². The Morgan fingerprint density at radius 1 is 1.12 bits per heavy atom. The molecule has 0 spiro atoms. The number of halogens is 2. The monoisotopic (exact) mass is 499 g/mol. The van der Waals surface area contributed by atoms with E-state index < -0.39 is 0 Å². The van der Waals surface area contributed by atoms with Crippen molar-refractivity contribution in [3.05, 3.63) is 80.2 Å². The van der Waals surface area contributed by atoms with Crippen molar-refractivity contribution >= 4 is 40.9 Å². The summed E-state index contributed by atoms with van der Waals surface area (Å²) in [5.41, 5.74) is 2.22. The van der Waals surface area contributed by atoms with Gasteiger partial charge in [-0.15, -0.1) is 0 Å². The Balaban J connectivity index is 1.66. The average Bonchev–Trinajstić information content (AvgIpc) is 2.79. The number of amides is 2. The van der Waals surface area contributed by atoms with Crippen molar-refractivity contribution in [2.24, 2.45) is 5.41 Å². The minimum Gasteiger partial charge on any atom is -0.355 e. The van der Waals surface area contributed by atoms with Crippen LogP contribution in [-0.4, -0.2) is 33.6 Å². The maximum atomic E-state index is 13.7. The van der Waals surface area contributed by atoms with Gasteiger partial charge >= 0.3 is 6.03 Å². The summed E-state index contributed by atoms with van der Waals surface area (Å²) in [5.74, 6) is 0.510. The van der Waals surface area contributed by atoms with Crippen molar-refractivity contribution in [2.45, 2.75) is 33.7 Å². The van der Waals surface area contributed by atoms with E-state index >= 15 is 0 Å². The van der Waals surface area contributed by atoms with Gasteiger partial charge in [-0.1, -0.05) is 62.2 Å². The molecule has 2 heterocycles. The summed E-state index contributed by atoms with van der Waals surface area (Å²) in [6, 6.07) is 13.9. The van der Waals surface area contributed by atoms with E-state index in [4.69, 9.17) is 28.2 Å². The largest absolute Gasteiger partial charge is 0.355 e. The summed E-state index contributed by atoms with van der Waals surface area (Å²) in [6.07, 6.45) is 0.478. The molecule has 3 aromatic rings. The lowest BCUT2D eigenvalue weighted by atomic mass is 9.97. The Bertz CT molecular complexity index is 1270. The van der Waals surface area contributed by atoms with Crippen LogP contribution in [0.2, 0.25) is 10.0 Å². The zero-order chi connectivity index (χ0) is 24.5. The molecule has 0 saturated carbocycles. The number of benzene rings is 2. The number of hydrogen-bond donors (Lipinski definition) is 2. The van der Waals surface area contributed by atoms with Gasteiger partial charge in [0.2, 0.25) is 5.95 Å². The molecule has 2 amide bonds. The highest BCUT2D eigenvalue weighted by molar-refractivity contribution is 6.36. The van der Waals surface area contributed by atoms with E-state index in [1.165, 1.54) is 0 Å². The van der Waals surface area contributed by atoms with E-state index in [0.29, 0.717) is 58.1 Å². The molecule has 0 saturated heterocycles. The Morgan fingerprint density at radius 3 is 2.53 bits per heavy atom. The van der Waals surface area contributed by atoms with E-state index in [-0.39, 0.29) is 23.6 Å². The lowest BCUT2D eigenvalue weighted by Crippen LogP contribution is -2.43. The molecule has 0 fully saturated rings. The SMILES string of the molecule is CC(C)(C)CNc1nc2c(c(=O)n1-c1ccccc1)CN(C(=O)Nc1ccc(Cl)cc1Cl)CC2. The highest BCUT2D eigenvalue weighted by atomic mass is 35.5. The van der Waals surface area contributed by atoms with Gasteiger partial charge in [-0.2, -0.15) is 0 Å².